The van der Waals surface area contributed by atoms with Gasteiger partial charge >= 0.3 is 6.36 Å². The van der Waals surface area contributed by atoms with E-state index >= 15 is 0 Å². The molecule has 0 heterocycles. The largest absolute Gasteiger partial charge is 0.573 e. The molecule has 0 fully saturated rings. The Morgan fingerprint density at radius 3 is 2.27 bits per heavy atom. The fraction of sp³-hybridized carbons (Fsp3) is 0.143. The maximum absolute atomic E-state index is 12.2. The summed E-state index contributed by atoms with van der Waals surface area (Å²) in [5.74, 6) is -0.547. The first kappa shape index (κ1) is 16.6. The molecule has 0 atom stereocenters. The number of benzene rings is 2. The van der Waals surface area contributed by atoms with E-state index in [0.29, 0.717) is 11.1 Å². The molecule has 3 nitrogen and oxygen atoms in total. The van der Waals surface area contributed by atoms with E-state index in [0.717, 1.165) is 12.3 Å². The van der Waals surface area contributed by atoms with Gasteiger partial charge in [-0.3, -0.25) is 0 Å². The number of rotatable bonds is 3. The molecule has 0 saturated heterocycles. The van der Waals surface area contributed by atoms with Crippen LogP contribution in [-0.2, 0) is 9.84 Å². The van der Waals surface area contributed by atoms with Crippen molar-refractivity contribution < 1.29 is 26.3 Å². The van der Waals surface area contributed by atoms with Gasteiger partial charge in [0, 0.05) is 11.8 Å². The van der Waals surface area contributed by atoms with Crippen LogP contribution in [0.25, 0.3) is 11.1 Å². The Morgan fingerprint density at radius 1 is 1.09 bits per heavy atom. The first-order valence-corrected chi connectivity index (χ1v) is 8.19. The third kappa shape index (κ3) is 3.92. The van der Waals surface area contributed by atoms with Crippen molar-refractivity contribution in [3.05, 3.63) is 47.5 Å². The van der Waals surface area contributed by atoms with E-state index in [1.54, 1.807) is 18.2 Å². The summed E-state index contributed by atoms with van der Waals surface area (Å²) in [5, 5.41) is -0.266. The van der Waals surface area contributed by atoms with Crippen LogP contribution in [0, 0.1) is 0 Å². The van der Waals surface area contributed by atoms with Crippen LogP contribution in [0.4, 0.5) is 13.2 Å². The van der Waals surface area contributed by atoms with Gasteiger partial charge in [-0.1, -0.05) is 35.9 Å². The van der Waals surface area contributed by atoms with Crippen molar-refractivity contribution in [2.24, 2.45) is 0 Å². The lowest BCUT2D eigenvalue weighted by Crippen LogP contribution is -2.17. The van der Waals surface area contributed by atoms with Crippen molar-refractivity contribution in [2.45, 2.75) is 11.3 Å². The molecule has 0 aliphatic heterocycles. The molecule has 2 aromatic rings. The van der Waals surface area contributed by atoms with E-state index in [2.05, 4.69) is 4.74 Å². The Labute approximate surface area is 130 Å². The Balaban J connectivity index is 2.50. The van der Waals surface area contributed by atoms with Crippen molar-refractivity contribution in [1.82, 2.24) is 0 Å². The van der Waals surface area contributed by atoms with Crippen molar-refractivity contribution in [2.75, 3.05) is 6.26 Å². The van der Waals surface area contributed by atoms with Gasteiger partial charge in [-0.25, -0.2) is 8.42 Å². The zero-order valence-electron chi connectivity index (χ0n) is 11.2. The first-order valence-electron chi connectivity index (χ1n) is 5.93. The van der Waals surface area contributed by atoms with Crippen LogP contribution in [0.15, 0.2) is 47.4 Å². The maximum Gasteiger partial charge on any atom is 0.573 e. The molecular formula is C14H10ClF3O3S. The Hall–Kier alpha value is -1.73. The first-order chi connectivity index (χ1) is 10.1. The highest BCUT2D eigenvalue weighted by Gasteiger charge is 2.32. The minimum Gasteiger partial charge on any atom is -0.404 e. The highest BCUT2D eigenvalue weighted by atomic mass is 35.5. The highest BCUT2D eigenvalue weighted by Crippen LogP contribution is 2.35. The molecule has 0 radical (unpaired) electrons. The summed E-state index contributed by atoms with van der Waals surface area (Å²) in [7, 11) is -3.49. The summed E-state index contributed by atoms with van der Waals surface area (Å²) in [6.45, 7) is 0. The molecule has 118 valence electrons. The maximum atomic E-state index is 12.2. The lowest BCUT2D eigenvalue weighted by Gasteiger charge is -2.12. The molecule has 0 aromatic heterocycles. The number of sulfone groups is 1. The standard InChI is InChI=1S/C14H10ClF3O3S/c1-22(19,20)13-5-3-2-4-10(13)9-6-7-12(11(15)8-9)21-14(16,17)18/h2-8H,1H3. The molecular weight excluding hydrogens is 341 g/mol. The summed E-state index contributed by atoms with van der Waals surface area (Å²) in [6.07, 6.45) is -3.80. The summed E-state index contributed by atoms with van der Waals surface area (Å²) in [4.78, 5) is 0.0653. The summed E-state index contributed by atoms with van der Waals surface area (Å²) in [5.41, 5.74) is 0.728. The van der Waals surface area contributed by atoms with E-state index in [-0.39, 0.29) is 9.92 Å². The average Bonchev–Trinajstić information content (AvgIpc) is 2.39. The molecule has 0 bridgehead atoms. The number of ether oxygens (including phenoxy) is 1. The van der Waals surface area contributed by atoms with E-state index in [1.807, 2.05) is 0 Å². The van der Waals surface area contributed by atoms with Crippen molar-refractivity contribution >= 4 is 21.4 Å². The van der Waals surface area contributed by atoms with Gasteiger partial charge in [0.15, 0.2) is 9.84 Å². The summed E-state index contributed by atoms with van der Waals surface area (Å²) < 4.78 is 63.9. The Bertz CT molecular complexity index is 801. The van der Waals surface area contributed by atoms with Crippen LogP contribution in [-0.4, -0.2) is 21.0 Å². The second-order valence-corrected chi connectivity index (χ2v) is 6.85. The highest BCUT2D eigenvalue weighted by molar-refractivity contribution is 7.90. The molecule has 0 N–H and O–H groups in total. The summed E-state index contributed by atoms with van der Waals surface area (Å²) in [6, 6.07) is 9.74. The fourth-order valence-corrected chi connectivity index (χ4v) is 3.03. The molecule has 2 aromatic carbocycles. The smallest absolute Gasteiger partial charge is 0.404 e. The van der Waals surface area contributed by atoms with Crippen molar-refractivity contribution in [3.63, 3.8) is 0 Å². The number of halogens is 4. The predicted octanol–water partition coefficient (Wildman–Crippen LogP) is 4.31. The second-order valence-electron chi connectivity index (χ2n) is 4.46. The minimum atomic E-state index is -4.85. The lowest BCUT2D eigenvalue weighted by atomic mass is 10.1. The topological polar surface area (TPSA) is 43.4 Å². The number of hydrogen-bond donors (Lipinski definition) is 0. The van der Waals surface area contributed by atoms with Crippen LogP contribution in [0.3, 0.4) is 0 Å². The van der Waals surface area contributed by atoms with Crippen LogP contribution >= 0.6 is 11.6 Å². The molecule has 0 saturated carbocycles. The average molecular weight is 351 g/mol. The van der Waals surface area contributed by atoms with E-state index < -0.39 is 21.9 Å². The van der Waals surface area contributed by atoms with Crippen LogP contribution < -0.4 is 4.74 Å². The second kappa shape index (κ2) is 5.81. The molecule has 22 heavy (non-hydrogen) atoms. The zero-order chi connectivity index (χ0) is 16.5. The Kier molecular flexibility index (Phi) is 4.39. The van der Waals surface area contributed by atoms with Gasteiger partial charge in [-0.05, 0) is 23.8 Å². The van der Waals surface area contributed by atoms with E-state index in [9.17, 15) is 21.6 Å². The van der Waals surface area contributed by atoms with E-state index in [4.69, 9.17) is 11.6 Å². The lowest BCUT2D eigenvalue weighted by molar-refractivity contribution is -0.274. The fourth-order valence-electron chi connectivity index (χ4n) is 1.90. The quantitative estimate of drug-likeness (QED) is 0.828. The molecule has 0 spiro atoms. The summed E-state index contributed by atoms with van der Waals surface area (Å²) >= 11 is 5.78. The van der Waals surface area contributed by atoms with Gasteiger partial charge in [-0.15, -0.1) is 13.2 Å². The van der Waals surface area contributed by atoms with Crippen molar-refractivity contribution in [3.8, 4) is 16.9 Å². The molecule has 0 amide bonds. The van der Waals surface area contributed by atoms with Gasteiger partial charge in [0.2, 0.25) is 0 Å². The SMILES string of the molecule is CS(=O)(=O)c1ccccc1-c1ccc(OC(F)(F)F)c(Cl)c1. The Morgan fingerprint density at radius 2 is 1.73 bits per heavy atom. The molecule has 2 rings (SSSR count). The van der Waals surface area contributed by atoms with Gasteiger partial charge in [0.05, 0.1) is 9.92 Å². The molecule has 0 aliphatic carbocycles. The van der Waals surface area contributed by atoms with Gasteiger partial charge in [-0.2, -0.15) is 0 Å². The minimum absolute atomic E-state index is 0.0653. The van der Waals surface area contributed by atoms with Crippen molar-refractivity contribution in [1.29, 1.82) is 0 Å². The van der Waals surface area contributed by atoms with Gasteiger partial charge < -0.3 is 4.74 Å². The zero-order valence-corrected chi connectivity index (χ0v) is 12.8. The van der Waals surface area contributed by atoms with Crippen LogP contribution in [0.2, 0.25) is 5.02 Å². The number of hydrogen-bond acceptors (Lipinski definition) is 3. The monoisotopic (exact) mass is 350 g/mol. The van der Waals surface area contributed by atoms with E-state index in [1.165, 1.54) is 18.2 Å². The number of alkyl halides is 3. The normalized spacial score (nSPS) is 12.2. The van der Waals surface area contributed by atoms with Gasteiger partial charge in [0.1, 0.15) is 5.75 Å². The predicted molar refractivity (Wildman–Crippen MR) is 76.7 cm³/mol. The molecule has 0 aliphatic rings. The third-order valence-electron chi connectivity index (χ3n) is 2.76. The van der Waals surface area contributed by atoms with Crippen LogP contribution in [0.1, 0.15) is 0 Å². The third-order valence-corrected chi connectivity index (χ3v) is 4.21. The molecule has 0 unspecified atom stereocenters. The van der Waals surface area contributed by atoms with Gasteiger partial charge in [0.25, 0.3) is 0 Å². The molecule has 8 heteroatoms. The van der Waals surface area contributed by atoms with Crippen LogP contribution in [0.5, 0.6) is 5.75 Å².